The number of aromatic nitrogens is 1. The van der Waals surface area contributed by atoms with Crippen LogP contribution in [0.3, 0.4) is 0 Å². The van der Waals surface area contributed by atoms with Gasteiger partial charge < -0.3 is 4.40 Å². The Morgan fingerprint density at radius 2 is 2.12 bits per heavy atom. The molecule has 16 heavy (non-hydrogen) atoms. The van der Waals surface area contributed by atoms with Gasteiger partial charge in [0.1, 0.15) is 10.9 Å². The first-order chi connectivity index (χ1) is 7.86. The minimum Gasteiger partial charge on any atom is -0.323 e. The predicted molar refractivity (Wildman–Crippen MR) is 65.4 cm³/mol. The molecule has 0 unspecified atom stereocenters. The molecule has 3 heteroatoms. The van der Waals surface area contributed by atoms with Crippen molar-refractivity contribution in [3.63, 3.8) is 0 Å². The molecule has 2 nitrogen and oxygen atoms in total. The fourth-order valence-electron chi connectivity index (χ4n) is 1.74. The summed E-state index contributed by atoms with van der Waals surface area (Å²) in [5.74, 6) is 0. The van der Waals surface area contributed by atoms with Gasteiger partial charge in [0.25, 0.3) is 0 Å². The van der Waals surface area contributed by atoms with Gasteiger partial charge in [0.2, 0.25) is 0 Å². The van der Waals surface area contributed by atoms with E-state index in [1.54, 1.807) is 0 Å². The summed E-state index contributed by atoms with van der Waals surface area (Å²) in [5.41, 5.74) is 2.34. The largest absolute Gasteiger partial charge is 0.323 e. The smallest absolute Gasteiger partial charge is 0.110 e. The Kier molecular flexibility index (Phi) is 2.02. The molecule has 0 fully saturated rings. The molecule has 0 bridgehead atoms. The second kappa shape index (κ2) is 3.51. The minimum atomic E-state index is 0.755. The first-order valence-electron chi connectivity index (χ1n) is 4.94. The fourth-order valence-corrected chi connectivity index (χ4v) is 2.53. The maximum absolute atomic E-state index is 8.79. The van der Waals surface area contributed by atoms with Crippen molar-refractivity contribution in [3.05, 3.63) is 53.7 Å². The lowest BCUT2D eigenvalue weighted by molar-refractivity contribution is 1.20. The zero-order valence-corrected chi connectivity index (χ0v) is 9.24. The fraction of sp³-hybridized carbons (Fsp3) is 0. The van der Waals surface area contributed by atoms with Crippen LogP contribution in [0.5, 0.6) is 0 Å². The zero-order valence-electron chi connectivity index (χ0n) is 8.42. The van der Waals surface area contributed by atoms with Crippen LogP contribution in [0.4, 0.5) is 0 Å². The van der Waals surface area contributed by atoms with Gasteiger partial charge in [-0.2, -0.15) is 5.26 Å². The number of pyridine rings is 1. The Labute approximate surface area is 97.0 Å². The molecular formula is C13H8N2S. The average Bonchev–Trinajstić information content (AvgIpc) is 2.95. The number of hydrogen-bond donors (Lipinski definition) is 0. The van der Waals surface area contributed by atoms with Gasteiger partial charge in [0, 0.05) is 28.4 Å². The Morgan fingerprint density at radius 1 is 1.19 bits per heavy atom. The second-order valence-corrected chi connectivity index (χ2v) is 4.62. The number of rotatable bonds is 1. The number of nitriles is 1. The van der Waals surface area contributed by atoms with Crippen LogP contribution in [0.25, 0.3) is 16.0 Å². The van der Waals surface area contributed by atoms with E-state index in [-0.39, 0.29) is 0 Å². The van der Waals surface area contributed by atoms with E-state index < -0.39 is 0 Å². The summed E-state index contributed by atoms with van der Waals surface area (Å²) in [6, 6.07) is 14.3. The molecule has 76 valence electrons. The second-order valence-electron chi connectivity index (χ2n) is 3.54. The third-order valence-corrected chi connectivity index (χ3v) is 3.54. The highest BCUT2D eigenvalue weighted by atomic mass is 32.1. The van der Waals surface area contributed by atoms with Crippen LogP contribution in [0.2, 0.25) is 0 Å². The molecule has 0 aliphatic carbocycles. The first kappa shape index (κ1) is 9.20. The van der Waals surface area contributed by atoms with Gasteiger partial charge in [0.05, 0.1) is 0 Å². The molecule has 0 saturated heterocycles. The van der Waals surface area contributed by atoms with E-state index in [2.05, 4.69) is 28.8 Å². The summed E-state index contributed by atoms with van der Waals surface area (Å²) >= 11 is 1.53. The summed E-state index contributed by atoms with van der Waals surface area (Å²) in [7, 11) is 0. The van der Waals surface area contributed by atoms with Crippen LogP contribution in [-0.4, -0.2) is 4.40 Å². The average molecular weight is 224 g/mol. The molecule has 0 radical (unpaired) electrons. The van der Waals surface area contributed by atoms with Crippen molar-refractivity contribution in [3.8, 4) is 16.5 Å². The highest BCUT2D eigenvalue weighted by Crippen LogP contribution is 2.29. The summed E-state index contributed by atoms with van der Waals surface area (Å²) in [4.78, 5) is 1.89. The highest BCUT2D eigenvalue weighted by molar-refractivity contribution is 7.16. The van der Waals surface area contributed by atoms with Crippen molar-refractivity contribution in [1.29, 1.82) is 5.26 Å². The van der Waals surface area contributed by atoms with Crippen molar-refractivity contribution in [2.24, 2.45) is 0 Å². The molecule has 3 rings (SSSR count). The standard InChI is InChI=1S/C13H8N2S/c14-8-12-4-5-13(16-12)10-7-11-3-1-2-6-15(11)9-10/h1-7,9H. The third kappa shape index (κ3) is 1.40. The molecule has 0 aliphatic rings. The van der Waals surface area contributed by atoms with E-state index in [4.69, 9.17) is 5.26 Å². The van der Waals surface area contributed by atoms with Gasteiger partial charge in [-0.05, 0) is 30.3 Å². The van der Waals surface area contributed by atoms with Crippen molar-refractivity contribution >= 4 is 16.9 Å². The lowest BCUT2D eigenvalue weighted by Gasteiger charge is -1.89. The van der Waals surface area contributed by atoms with Gasteiger partial charge in [-0.25, -0.2) is 0 Å². The van der Waals surface area contributed by atoms with Crippen LogP contribution in [0.15, 0.2) is 48.8 Å². The molecule has 0 aromatic carbocycles. The van der Waals surface area contributed by atoms with E-state index in [0.29, 0.717) is 0 Å². The van der Waals surface area contributed by atoms with Gasteiger partial charge in [-0.15, -0.1) is 11.3 Å². The molecular weight excluding hydrogens is 216 g/mol. The first-order valence-corrected chi connectivity index (χ1v) is 5.75. The quantitative estimate of drug-likeness (QED) is 0.621. The van der Waals surface area contributed by atoms with Crippen LogP contribution < -0.4 is 0 Å². The van der Waals surface area contributed by atoms with Gasteiger partial charge in [0.15, 0.2) is 0 Å². The van der Waals surface area contributed by atoms with Crippen LogP contribution in [-0.2, 0) is 0 Å². The van der Waals surface area contributed by atoms with Crippen molar-refractivity contribution in [2.45, 2.75) is 0 Å². The Bertz CT molecular complexity index is 652. The SMILES string of the molecule is N#Cc1ccc(-c2cc3ccccn3c2)s1. The summed E-state index contributed by atoms with van der Waals surface area (Å²) in [6.07, 6.45) is 4.11. The molecule has 0 atom stereocenters. The molecule has 0 N–H and O–H groups in total. The summed E-state index contributed by atoms with van der Waals surface area (Å²) < 4.78 is 2.08. The van der Waals surface area contributed by atoms with Crippen molar-refractivity contribution in [2.75, 3.05) is 0 Å². The topological polar surface area (TPSA) is 28.2 Å². The number of hydrogen-bond acceptors (Lipinski definition) is 2. The van der Waals surface area contributed by atoms with Gasteiger partial charge in [-0.3, -0.25) is 0 Å². The summed E-state index contributed by atoms with van der Waals surface area (Å²) in [5, 5.41) is 8.79. The van der Waals surface area contributed by atoms with Gasteiger partial charge >= 0.3 is 0 Å². The third-order valence-electron chi connectivity index (χ3n) is 2.51. The Balaban J connectivity index is 2.15. The van der Waals surface area contributed by atoms with Gasteiger partial charge in [-0.1, -0.05) is 6.07 Å². The number of thiophene rings is 1. The Hall–Kier alpha value is -2.05. The normalized spacial score (nSPS) is 10.4. The molecule has 3 aromatic heterocycles. The lowest BCUT2D eigenvalue weighted by atomic mass is 10.2. The van der Waals surface area contributed by atoms with E-state index in [9.17, 15) is 0 Å². The van der Waals surface area contributed by atoms with Crippen LogP contribution >= 0.6 is 11.3 Å². The Morgan fingerprint density at radius 3 is 2.88 bits per heavy atom. The highest BCUT2D eigenvalue weighted by Gasteiger charge is 2.04. The van der Waals surface area contributed by atoms with E-state index >= 15 is 0 Å². The van der Waals surface area contributed by atoms with E-state index in [0.717, 1.165) is 15.3 Å². The minimum absolute atomic E-state index is 0.755. The van der Waals surface area contributed by atoms with E-state index in [1.807, 2.05) is 30.5 Å². The van der Waals surface area contributed by atoms with Crippen LogP contribution in [0.1, 0.15) is 4.88 Å². The molecule has 0 saturated carbocycles. The number of nitrogens with zero attached hydrogens (tertiary/aromatic N) is 2. The molecule has 3 aromatic rings. The monoisotopic (exact) mass is 224 g/mol. The zero-order chi connectivity index (χ0) is 11.0. The van der Waals surface area contributed by atoms with Crippen molar-refractivity contribution < 1.29 is 0 Å². The summed E-state index contributed by atoms with van der Waals surface area (Å²) in [6.45, 7) is 0. The molecule has 0 aliphatic heterocycles. The molecule has 3 heterocycles. The maximum Gasteiger partial charge on any atom is 0.110 e. The van der Waals surface area contributed by atoms with E-state index in [1.165, 1.54) is 16.9 Å². The molecule has 0 spiro atoms. The van der Waals surface area contributed by atoms with Crippen molar-refractivity contribution in [1.82, 2.24) is 4.40 Å². The predicted octanol–water partition coefficient (Wildman–Crippen LogP) is 3.54. The number of fused-ring (bicyclic) bond motifs is 1. The molecule has 0 amide bonds. The van der Waals surface area contributed by atoms with Crippen LogP contribution in [0, 0.1) is 11.3 Å². The lowest BCUT2D eigenvalue weighted by Crippen LogP contribution is -1.76. The maximum atomic E-state index is 8.79.